The molecule has 1 aliphatic carbocycles. The SMILES string of the molecule is CC(C)(C)OC(=O)n1ncc2c1CCCC2=O.O. The molecule has 1 aromatic rings. The van der Waals surface area contributed by atoms with Crippen LogP contribution in [0.1, 0.15) is 49.7 Å². The minimum absolute atomic E-state index is 0. The summed E-state index contributed by atoms with van der Waals surface area (Å²) < 4.78 is 6.44. The normalized spacial score (nSPS) is 14.7. The van der Waals surface area contributed by atoms with Gasteiger partial charge in [-0.3, -0.25) is 4.79 Å². The molecule has 2 rings (SSSR count). The Balaban J connectivity index is 0.00000162. The summed E-state index contributed by atoms with van der Waals surface area (Å²) in [6, 6.07) is 0. The number of rotatable bonds is 0. The molecular formula is C12H18N2O4. The molecule has 1 heterocycles. The fourth-order valence-electron chi connectivity index (χ4n) is 1.86. The lowest BCUT2D eigenvalue weighted by molar-refractivity contribution is 0.0509. The van der Waals surface area contributed by atoms with Crippen molar-refractivity contribution >= 4 is 11.9 Å². The highest BCUT2D eigenvalue weighted by Gasteiger charge is 2.27. The summed E-state index contributed by atoms with van der Waals surface area (Å²) in [4.78, 5) is 23.5. The number of hydrogen-bond acceptors (Lipinski definition) is 4. The van der Waals surface area contributed by atoms with Gasteiger partial charge in [-0.1, -0.05) is 0 Å². The summed E-state index contributed by atoms with van der Waals surface area (Å²) in [5.41, 5.74) is 0.673. The Labute approximate surface area is 105 Å². The first-order valence-electron chi connectivity index (χ1n) is 5.72. The number of Topliss-reactive ketones (excluding diaryl/α,β-unsaturated/α-hetero) is 1. The molecule has 1 aromatic heterocycles. The summed E-state index contributed by atoms with van der Waals surface area (Å²) in [5, 5.41) is 3.95. The Morgan fingerprint density at radius 3 is 2.67 bits per heavy atom. The van der Waals surface area contributed by atoms with Crippen LogP contribution in [-0.4, -0.2) is 32.7 Å². The smallest absolute Gasteiger partial charge is 0.435 e. The van der Waals surface area contributed by atoms with Gasteiger partial charge in [0.05, 0.1) is 17.5 Å². The monoisotopic (exact) mass is 254 g/mol. The Morgan fingerprint density at radius 2 is 2.06 bits per heavy atom. The topological polar surface area (TPSA) is 92.7 Å². The molecule has 6 nitrogen and oxygen atoms in total. The molecule has 0 saturated heterocycles. The highest BCUT2D eigenvalue weighted by atomic mass is 16.6. The molecule has 0 bridgehead atoms. The average molecular weight is 254 g/mol. The first kappa shape index (κ1) is 14.4. The van der Waals surface area contributed by atoms with Crippen molar-refractivity contribution in [3.8, 4) is 0 Å². The van der Waals surface area contributed by atoms with Crippen LogP contribution in [0.4, 0.5) is 4.79 Å². The summed E-state index contributed by atoms with van der Waals surface area (Å²) in [6.07, 6.45) is 2.93. The van der Waals surface area contributed by atoms with Crippen LogP contribution in [0, 0.1) is 0 Å². The molecule has 0 unspecified atom stereocenters. The molecule has 0 aliphatic heterocycles. The van der Waals surface area contributed by atoms with E-state index in [9.17, 15) is 9.59 Å². The zero-order valence-corrected chi connectivity index (χ0v) is 10.8. The van der Waals surface area contributed by atoms with E-state index in [1.54, 1.807) is 20.8 Å². The maximum absolute atomic E-state index is 11.9. The minimum Gasteiger partial charge on any atom is -0.442 e. The van der Waals surface area contributed by atoms with Crippen LogP contribution in [0.15, 0.2) is 6.20 Å². The van der Waals surface area contributed by atoms with E-state index in [0.29, 0.717) is 24.1 Å². The van der Waals surface area contributed by atoms with Crippen molar-refractivity contribution in [2.24, 2.45) is 0 Å². The molecule has 2 N–H and O–H groups in total. The maximum atomic E-state index is 11.9. The zero-order chi connectivity index (χ0) is 12.6. The lowest BCUT2D eigenvalue weighted by Gasteiger charge is -2.20. The molecule has 0 atom stereocenters. The van der Waals surface area contributed by atoms with Gasteiger partial charge in [0.15, 0.2) is 5.78 Å². The molecule has 0 radical (unpaired) electrons. The summed E-state index contributed by atoms with van der Waals surface area (Å²) in [5.74, 6) is 0.0565. The van der Waals surface area contributed by atoms with Crippen LogP contribution < -0.4 is 0 Å². The lowest BCUT2D eigenvalue weighted by Crippen LogP contribution is -2.29. The fraction of sp³-hybridized carbons (Fsp3) is 0.583. The van der Waals surface area contributed by atoms with Gasteiger partial charge in [0, 0.05) is 6.42 Å². The molecule has 1 aliphatic rings. The van der Waals surface area contributed by atoms with Crippen molar-refractivity contribution in [2.75, 3.05) is 0 Å². The van der Waals surface area contributed by atoms with E-state index >= 15 is 0 Å². The van der Waals surface area contributed by atoms with E-state index in [-0.39, 0.29) is 11.3 Å². The number of ketones is 1. The largest absolute Gasteiger partial charge is 0.442 e. The van der Waals surface area contributed by atoms with Crippen LogP contribution in [-0.2, 0) is 11.2 Å². The van der Waals surface area contributed by atoms with Crippen molar-refractivity contribution in [1.29, 1.82) is 0 Å². The van der Waals surface area contributed by atoms with Gasteiger partial charge in [0.1, 0.15) is 5.60 Å². The molecule has 6 heteroatoms. The number of fused-ring (bicyclic) bond motifs is 1. The standard InChI is InChI=1S/C12H16N2O3.H2O/c1-12(2,3)17-11(16)14-9-5-4-6-10(15)8(9)7-13-14;/h7H,4-6H2,1-3H3;1H2. The third-order valence-corrected chi connectivity index (χ3v) is 2.55. The second kappa shape index (κ2) is 4.89. The summed E-state index contributed by atoms with van der Waals surface area (Å²) >= 11 is 0. The number of nitrogens with zero attached hydrogens (tertiary/aromatic N) is 2. The number of carbonyl (C=O) groups excluding carboxylic acids is 2. The molecule has 0 saturated carbocycles. The van der Waals surface area contributed by atoms with Crippen LogP contribution in [0.5, 0.6) is 0 Å². The third-order valence-electron chi connectivity index (χ3n) is 2.55. The maximum Gasteiger partial charge on any atom is 0.435 e. The van der Waals surface area contributed by atoms with Crippen LogP contribution in [0.25, 0.3) is 0 Å². The van der Waals surface area contributed by atoms with Crippen LogP contribution in [0.2, 0.25) is 0 Å². The quantitative estimate of drug-likeness (QED) is 0.698. The lowest BCUT2D eigenvalue weighted by atomic mass is 9.97. The van der Waals surface area contributed by atoms with Crippen molar-refractivity contribution < 1.29 is 19.8 Å². The van der Waals surface area contributed by atoms with Crippen molar-refractivity contribution in [2.45, 2.75) is 45.6 Å². The Hall–Kier alpha value is -1.69. The molecular weight excluding hydrogens is 236 g/mol. The van der Waals surface area contributed by atoms with E-state index in [2.05, 4.69) is 5.10 Å². The van der Waals surface area contributed by atoms with Crippen molar-refractivity contribution in [1.82, 2.24) is 9.78 Å². The highest BCUT2D eigenvalue weighted by Crippen LogP contribution is 2.21. The molecule has 0 spiro atoms. The predicted octanol–water partition coefficient (Wildman–Crippen LogP) is 1.36. The molecule has 18 heavy (non-hydrogen) atoms. The first-order chi connectivity index (χ1) is 7.88. The van der Waals surface area contributed by atoms with Crippen molar-refractivity contribution in [3.63, 3.8) is 0 Å². The van der Waals surface area contributed by atoms with Gasteiger partial charge in [-0.25, -0.2) is 4.79 Å². The fourth-order valence-corrected chi connectivity index (χ4v) is 1.86. The Morgan fingerprint density at radius 1 is 1.39 bits per heavy atom. The Kier molecular flexibility index (Phi) is 3.91. The summed E-state index contributed by atoms with van der Waals surface area (Å²) in [6.45, 7) is 5.39. The highest BCUT2D eigenvalue weighted by molar-refractivity contribution is 5.98. The van der Waals surface area contributed by atoms with E-state index < -0.39 is 11.7 Å². The van der Waals surface area contributed by atoms with Gasteiger partial charge in [-0.05, 0) is 33.6 Å². The van der Waals surface area contributed by atoms with Crippen molar-refractivity contribution in [3.05, 3.63) is 17.5 Å². The summed E-state index contributed by atoms with van der Waals surface area (Å²) in [7, 11) is 0. The van der Waals surface area contributed by atoms with Gasteiger partial charge in [0.2, 0.25) is 0 Å². The Bertz CT molecular complexity index is 471. The first-order valence-corrected chi connectivity index (χ1v) is 5.72. The predicted molar refractivity (Wildman–Crippen MR) is 64.7 cm³/mol. The van der Waals surface area contributed by atoms with Gasteiger partial charge < -0.3 is 10.2 Å². The average Bonchev–Trinajstić information content (AvgIpc) is 2.60. The van der Waals surface area contributed by atoms with Crippen LogP contribution in [0.3, 0.4) is 0 Å². The molecule has 100 valence electrons. The third kappa shape index (κ3) is 2.76. The van der Waals surface area contributed by atoms with E-state index in [4.69, 9.17) is 4.74 Å². The van der Waals surface area contributed by atoms with E-state index in [1.165, 1.54) is 10.9 Å². The second-order valence-corrected chi connectivity index (χ2v) is 5.17. The number of aromatic nitrogens is 2. The molecule has 0 aromatic carbocycles. The second-order valence-electron chi connectivity index (χ2n) is 5.17. The van der Waals surface area contributed by atoms with Gasteiger partial charge in [-0.2, -0.15) is 9.78 Å². The van der Waals surface area contributed by atoms with E-state index in [1.807, 2.05) is 0 Å². The van der Waals surface area contributed by atoms with Gasteiger partial charge in [0.25, 0.3) is 0 Å². The number of hydrogen-bond donors (Lipinski definition) is 0. The minimum atomic E-state index is -0.561. The molecule has 0 fully saturated rings. The molecule has 0 amide bonds. The van der Waals surface area contributed by atoms with E-state index in [0.717, 1.165) is 6.42 Å². The number of carbonyl (C=O) groups is 2. The zero-order valence-electron chi connectivity index (χ0n) is 10.8. The van der Waals surface area contributed by atoms with Crippen LogP contribution >= 0.6 is 0 Å². The van der Waals surface area contributed by atoms with Gasteiger partial charge >= 0.3 is 6.09 Å². The van der Waals surface area contributed by atoms with Gasteiger partial charge in [-0.15, -0.1) is 0 Å². The number of ether oxygens (including phenoxy) is 1.